The topological polar surface area (TPSA) is 110 Å². The minimum Gasteiger partial charge on any atom is -0.345 e. The SMILES string of the molecule is C=C(C)n1ncc2cc(-c3cnc4[nH]cc(C(=O)c5c(F)ccc(NS(=O)(=O)CCC)c5F)c4c3)ccc21. The van der Waals surface area contributed by atoms with Crippen molar-refractivity contribution in [3.05, 3.63) is 84.3 Å². The van der Waals surface area contributed by atoms with Crippen molar-refractivity contribution >= 4 is 49.1 Å². The largest absolute Gasteiger partial charge is 0.345 e. The third kappa shape index (κ3) is 4.45. The average molecular weight is 536 g/mol. The second kappa shape index (κ2) is 9.49. The summed E-state index contributed by atoms with van der Waals surface area (Å²) >= 11 is 0. The molecule has 0 aliphatic carbocycles. The average Bonchev–Trinajstić information content (AvgIpc) is 3.49. The Kier molecular flexibility index (Phi) is 6.31. The minimum atomic E-state index is -3.86. The predicted molar refractivity (Wildman–Crippen MR) is 143 cm³/mol. The van der Waals surface area contributed by atoms with Crippen LogP contribution in [0.2, 0.25) is 0 Å². The van der Waals surface area contributed by atoms with Crippen molar-refractivity contribution in [1.82, 2.24) is 19.7 Å². The highest BCUT2D eigenvalue weighted by Crippen LogP contribution is 2.31. The number of rotatable bonds is 8. The second-order valence-corrected chi connectivity index (χ2v) is 10.8. The van der Waals surface area contributed by atoms with Crippen molar-refractivity contribution in [2.24, 2.45) is 0 Å². The van der Waals surface area contributed by atoms with Gasteiger partial charge in [0.1, 0.15) is 11.5 Å². The Morgan fingerprint density at radius 1 is 1.13 bits per heavy atom. The van der Waals surface area contributed by atoms with E-state index in [0.29, 0.717) is 23.0 Å². The summed E-state index contributed by atoms with van der Waals surface area (Å²) in [4.78, 5) is 20.6. The fraction of sp³-hybridized carbons (Fsp3) is 0.148. The standard InChI is InChI=1S/C27H23F2N5O3S/c1-4-9-38(36,37)33-22-7-6-21(28)24(25(22)29)26(35)20-14-31-27-19(20)11-17(12-30-27)16-5-8-23-18(10-16)13-32-34(23)15(2)3/h5-8,10-14,33H,2,4,9H2,1,3H3,(H,30,31). The van der Waals surface area contributed by atoms with Crippen LogP contribution in [0.3, 0.4) is 0 Å². The number of nitrogens with one attached hydrogen (secondary N) is 2. The molecule has 11 heteroatoms. The molecule has 5 aromatic rings. The van der Waals surface area contributed by atoms with Crippen molar-refractivity contribution in [1.29, 1.82) is 0 Å². The molecule has 3 aromatic heterocycles. The number of sulfonamides is 1. The summed E-state index contributed by atoms with van der Waals surface area (Å²) in [5.41, 5.74) is 2.13. The fourth-order valence-corrected chi connectivity index (χ4v) is 5.46. The maximum Gasteiger partial charge on any atom is 0.232 e. The molecule has 8 nitrogen and oxygen atoms in total. The van der Waals surface area contributed by atoms with E-state index in [1.807, 2.05) is 25.1 Å². The number of pyridine rings is 1. The van der Waals surface area contributed by atoms with Gasteiger partial charge in [0.15, 0.2) is 5.82 Å². The van der Waals surface area contributed by atoms with Gasteiger partial charge in [-0.2, -0.15) is 5.10 Å². The molecule has 0 saturated carbocycles. The molecular formula is C27H23F2N5O3S. The number of aromatic amines is 1. The molecule has 194 valence electrons. The lowest BCUT2D eigenvalue weighted by atomic mass is 9.99. The Morgan fingerprint density at radius 3 is 2.66 bits per heavy atom. The van der Waals surface area contributed by atoms with E-state index in [9.17, 15) is 17.6 Å². The number of carbonyl (C=O) groups is 1. The van der Waals surface area contributed by atoms with E-state index in [-0.39, 0.29) is 11.3 Å². The van der Waals surface area contributed by atoms with Gasteiger partial charge in [-0.3, -0.25) is 9.52 Å². The van der Waals surface area contributed by atoms with Gasteiger partial charge in [-0.25, -0.2) is 26.9 Å². The first-order valence-corrected chi connectivity index (χ1v) is 13.4. The van der Waals surface area contributed by atoms with E-state index in [2.05, 4.69) is 26.4 Å². The van der Waals surface area contributed by atoms with E-state index in [1.54, 1.807) is 30.1 Å². The monoisotopic (exact) mass is 535 g/mol. The molecule has 0 fully saturated rings. The summed E-state index contributed by atoms with van der Waals surface area (Å²) in [7, 11) is -3.86. The number of halogens is 2. The van der Waals surface area contributed by atoms with Crippen LogP contribution >= 0.6 is 0 Å². The molecule has 38 heavy (non-hydrogen) atoms. The number of hydrogen-bond donors (Lipinski definition) is 2. The van der Waals surface area contributed by atoms with Crippen LogP contribution in [-0.2, 0) is 10.0 Å². The lowest BCUT2D eigenvalue weighted by molar-refractivity contribution is 0.103. The fourth-order valence-electron chi connectivity index (χ4n) is 4.33. The Hall–Kier alpha value is -4.38. The third-order valence-corrected chi connectivity index (χ3v) is 7.57. The third-order valence-electron chi connectivity index (χ3n) is 6.10. The zero-order chi connectivity index (χ0) is 27.2. The number of hydrogen-bond acceptors (Lipinski definition) is 5. The number of nitrogens with zero attached hydrogens (tertiary/aromatic N) is 3. The van der Waals surface area contributed by atoms with Gasteiger partial charge in [0.2, 0.25) is 15.8 Å². The first kappa shape index (κ1) is 25.3. The van der Waals surface area contributed by atoms with Crippen LogP contribution in [0.5, 0.6) is 0 Å². The summed E-state index contributed by atoms with van der Waals surface area (Å²) < 4.78 is 58.1. The quantitative estimate of drug-likeness (QED) is 0.247. The van der Waals surface area contributed by atoms with Gasteiger partial charge in [-0.15, -0.1) is 0 Å². The number of carbonyl (C=O) groups excluding carboxylic acids is 1. The zero-order valence-corrected chi connectivity index (χ0v) is 21.4. The van der Waals surface area contributed by atoms with Crippen molar-refractivity contribution in [2.75, 3.05) is 10.5 Å². The van der Waals surface area contributed by atoms with Crippen LogP contribution in [0.25, 0.3) is 38.8 Å². The second-order valence-electron chi connectivity index (χ2n) is 8.92. The molecule has 0 radical (unpaired) electrons. The smallest absolute Gasteiger partial charge is 0.232 e. The van der Waals surface area contributed by atoms with E-state index in [1.165, 1.54) is 6.20 Å². The molecule has 3 heterocycles. The Morgan fingerprint density at radius 2 is 1.92 bits per heavy atom. The van der Waals surface area contributed by atoms with Crippen molar-refractivity contribution in [2.45, 2.75) is 20.3 Å². The number of H-pyrrole nitrogens is 1. The highest BCUT2D eigenvalue weighted by atomic mass is 32.2. The van der Waals surface area contributed by atoms with Gasteiger partial charge in [-0.1, -0.05) is 19.6 Å². The van der Waals surface area contributed by atoms with Crippen LogP contribution < -0.4 is 4.72 Å². The maximum absolute atomic E-state index is 15.3. The normalized spacial score (nSPS) is 11.8. The molecule has 0 aliphatic rings. The highest BCUT2D eigenvalue weighted by molar-refractivity contribution is 7.92. The lowest BCUT2D eigenvalue weighted by Gasteiger charge is -2.11. The molecule has 0 atom stereocenters. The minimum absolute atomic E-state index is 0.00287. The van der Waals surface area contributed by atoms with Crippen LogP contribution in [0.4, 0.5) is 14.5 Å². The van der Waals surface area contributed by atoms with Gasteiger partial charge in [-0.05, 0) is 49.2 Å². The van der Waals surface area contributed by atoms with Gasteiger partial charge >= 0.3 is 0 Å². The number of fused-ring (bicyclic) bond motifs is 2. The molecule has 5 rings (SSSR count). The molecule has 0 spiro atoms. The maximum atomic E-state index is 15.3. The van der Waals surface area contributed by atoms with Gasteiger partial charge in [0.05, 0.1) is 28.7 Å². The van der Waals surface area contributed by atoms with Crippen molar-refractivity contribution in [3.8, 4) is 11.1 Å². The summed E-state index contributed by atoms with van der Waals surface area (Å²) in [5, 5.41) is 5.58. The summed E-state index contributed by atoms with van der Waals surface area (Å²) in [5.74, 6) is -3.58. The van der Waals surface area contributed by atoms with Crippen molar-refractivity contribution < 1.29 is 22.0 Å². The number of ketones is 1. The molecule has 2 N–H and O–H groups in total. The van der Waals surface area contributed by atoms with Crippen LogP contribution in [0, 0.1) is 11.6 Å². The first-order valence-electron chi connectivity index (χ1n) is 11.7. The Bertz CT molecular complexity index is 1860. The lowest BCUT2D eigenvalue weighted by Crippen LogP contribution is -2.18. The molecule has 0 saturated heterocycles. The molecule has 0 unspecified atom stereocenters. The van der Waals surface area contributed by atoms with Gasteiger partial charge < -0.3 is 4.98 Å². The van der Waals surface area contributed by atoms with Crippen LogP contribution in [-0.4, -0.2) is 39.7 Å². The van der Waals surface area contributed by atoms with E-state index < -0.39 is 38.7 Å². The van der Waals surface area contributed by atoms with E-state index in [0.717, 1.165) is 34.3 Å². The van der Waals surface area contributed by atoms with Gasteiger partial charge in [0, 0.05) is 40.0 Å². The molecule has 2 aromatic carbocycles. The zero-order valence-electron chi connectivity index (χ0n) is 20.5. The first-order chi connectivity index (χ1) is 18.1. The molecule has 0 amide bonds. The van der Waals surface area contributed by atoms with Crippen LogP contribution in [0.1, 0.15) is 36.2 Å². The van der Waals surface area contributed by atoms with Crippen LogP contribution in [0.15, 0.2) is 61.6 Å². The van der Waals surface area contributed by atoms with Crippen molar-refractivity contribution in [3.63, 3.8) is 0 Å². The van der Waals surface area contributed by atoms with E-state index >= 15 is 4.39 Å². The molecule has 0 bridgehead atoms. The number of benzene rings is 2. The summed E-state index contributed by atoms with van der Waals surface area (Å²) in [6.45, 7) is 7.42. The highest BCUT2D eigenvalue weighted by Gasteiger charge is 2.26. The molecular weight excluding hydrogens is 512 g/mol. The number of allylic oxidation sites excluding steroid dienone is 1. The number of anilines is 1. The summed E-state index contributed by atoms with van der Waals surface area (Å²) in [6.07, 6.45) is 4.98. The van der Waals surface area contributed by atoms with E-state index in [4.69, 9.17) is 0 Å². The molecule has 0 aliphatic heterocycles. The predicted octanol–water partition coefficient (Wildman–Crippen LogP) is 5.73. The summed E-state index contributed by atoms with van der Waals surface area (Å²) in [6, 6.07) is 9.22. The Labute approximate surface area is 217 Å². The number of aromatic nitrogens is 4. The van der Waals surface area contributed by atoms with Gasteiger partial charge in [0.25, 0.3) is 0 Å². The Balaban J connectivity index is 1.56.